The first kappa shape index (κ1) is 12.2. The van der Waals surface area contributed by atoms with Crippen LogP contribution in [0, 0.1) is 0 Å². The average molecular weight is 278 g/mol. The first-order valence-electron chi connectivity index (χ1n) is 5.97. The van der Waals surface area contributed by atoms with E-state index in [1.165, 1.54) is 12.1 Å². The molecular weight excluding hydrogens is 266 g/mol. The number of hydrogen-bond donors (Lipinski definition) is 1. The zero-order valence-corrected chi connectivity index (χ0v) is 11.1. The minimum Gasteiger partial charge on any atom is -0.440 e. The first-order valence-corrected chi connectivity index (χ1v) is 6.35. The largest absolute Gasteiger partial charge is 0.440 e. The SMILES string of the molecule is CC1(c2nccc(NC(=O)c3ccc(Cl)o3)n2)CC1. The van der Waals surface area contributed by atoms with Crippen molar-refractivity contribution in [3.8, 4) is 0 Å². The molecule has 5 nitrogen and oxygen atoms in total. The summed E-state index contributed by atoms with van der Waals surface area (Å²) in [5.41, 5.74) is 0.0642. The minimum absolute atomic E-state index is 0.0642. The number of hydrogen-bond acceptors (Lipinski definition) is 4. The molecule has 1 aliphatic rings. The molecule has 98 valence electrons. The molecule has 2 heterocycles. The summed E-state index contributed by atoms with van der Waals surface area (Å²) < 4.78 is 5.04. The van der Waals surface area contributed by atoms with Crippen LogP contribution in [-0.2, 0) is 5.41 Å². The van der Waals surface area contributed by atoms with E-state index >= 15 is 0 Å². The van der Waals surface area contributed by atoms with E-state index in [1.54, 1.807) is 12.3 Å². The zero-order valence-electron chi connectivity index (χ0n) is 10.3. The summed E-state index contributed by atoms with van der Waals surface area (Å²) >= 11 is 5.63. The van der Waals surface area contributed by atoms with Crippen molar-refractivity contribution < 1.29 is 9.21 Å². The summed E-state index contributed by atoms with van der Waals surface area (Å²) in [4.78, 5) is 20.5. The van der Waals surface area contributed by atoms with Crippen molar-refractivity contribution in [2.45, 2.75) is 25.2 Å². The van der Waals surface area contributed by atoms with Crippen molar-refractivity contribution in [1.82, 2.24) is 9.97 Å². The van der Waals surface area contributed by atoms with Crippen LogP contribution in [0.25, 0.3) is 0 Å². The average Bonchev–Trinajstić information content (AvgIpc) is 2.99. The van der Waals surface area contributed by atoms with Crippen molar-refractivity contribution in [3.63, 3.8) is 0 Å². The quantitative estimate of drug-likeness (QED) is 0.936. The van der Waals surface area contributed by atoms with E-state index in [9.17, 15) is 4.79 Å². The third-order valence-corrected chi connectivity index (χ3v) is 3.44. The Hall–Kier alpha value is -1.88. The predicted molar refractivity (Wildman–Crippen MR) is 70.3 cm³/mol. The fraction of sp³-hybridized carbons (Fsp3) is 0.308. The number of rotatable bonds is 3. The van der Waals surface area contributed by atoms with Crippen molar-refractivity contribution in [2.24, 2.45) is 0 Å². The Labute approximate surface area is 115 Å². The Kier molecular flexibility index (Phi) is 2.78. The van der Waals surface area contributed by atoms with Crippen molar-refractivity contribution in [1.29, 1.82) is 0 Å². The Morgan fingerprint density at radius 3 is 2.84 bits per heavy atom. The Morgan fingerprint density at radius 1 is 1.42 bits per heavy atom. The van der Waals surface area contributed by atoms with Gasteiger partial charge in [-0.05, 0) is 42.6 Å². The highest BCUT2D eigenvalue weighted by molar-refractivity contribution is 6.29. The minimum atomic E-state index is -0.377. The molecular formula is C13H12ClN3O2. The summed E-state index contributed by atoms with van der Waals surface area (Å²) in [6.07, 6.45) is 3.81. The Bertz CT molecular complexity index is 634. The fourth-order valence-electron chi connectivity index (χ4n) is 1.74. The lowest BCUT2D eigenvalue weighted by Gasteiger charge is -2.08. The van der Waals surface area contributed by atoms with Crippen LogP contribution in [0.15, 0.2) is 28.8 Å². The highest BCUT2D eigenvalue weighted by Gasteiger charge is 2.42. The molecule has 0 atom stereocenters. The highest BCUT2D eigenvalue weighted by atomic mass is 35.5. The maximum absolute atomic E-state index is 11.9. The molecule has 0 bridgehead atoms. The molecule has 2 aromatic rings. The molecule has 1 N–H and O–H groups in total. The van der Waals surface area contributed by atoms with Gasteiger partial charge in [0.05, 0.1) is 0 Å². The second-order valence-electron chi connectivity index (χ2n) is 4.88. The van der Waals surface area contributed by atoms with Gasteiger partial charge in [-0.25, -0.2) is 9.97 Å². The van der Waals surface area contributed by atoms with Crippen LogP contribution in [0.2, 0.25) is 5.22 Å². The molecule has 0 radical (unpaired) electrons. The second kappa shape index (κ2) is 4.35. The highest BCUT2D eigenvalue weighted by Crippen LogP contribution is 2.45. The van der Waals surface area contributed by atoms with Gasteiger partial charge in [-0.15, -0.1) is 0 Å². The van der Waals surface area contributed by atoms with Gasteiger partial charge in [-0.3, -0.25) is 4.79 Å². The van der Waals surface area contributed by atoms with Gasteiger partial charge in [-0.1, -0.05) is 6.92 Å². The number of furan rings is 1. The van der Waals surface area contributed by atoms with Crippen molar-refractivity contribution in [2.75, 3.05) is 5.32 Å². The van der Waals surface area contributed by atoms with Crippen LogP contribution < -0.4 is 5.32 Å². The molecule has 1 amide bonds. The van der Waals surface area contributed by atoms with Crippen molar-refractivity contribution in [3.05, 3.63) is 41.2 Å². The molecule has 3 rings (SSSR count). The van der Waals surface area contributed by atoms with Crippen LogP contribution in [-0.4, -0.2) is 15.9 Å². The van der Waals surface area contributed by atoms with E-state index in [2.05, 4.69) is 22.2 Å². The molecule has 0 unspecified atom stereocenters. The number of anilines is 1. The maximum Gasteiger partial charge on any atom is 0.292 e. The van der Waals surface area contributed by atoms with Crippen LogP contribution in [0.3, 0.4) is 0 Å². The number of nitrogens with one attached hydrogen (secondary N) is 1. The molecule has 0 aliphatic heterocycles. The summed E-state index contributed by atoms with van der Waals surface area (Å²) in [6, 6.07) is 4.69. The Balaban J connectivity index is 1.78. The van der Waals surface area contributed by atoms with Crippen LogP contribution in [0.5, 0.6) is 0 Å². The number of carbonyl (C=O) groups excluding carboxylic acids is 1. The van der Waals surface area contributed by atoms with Crippen molar-refractivity contribution >= 4 is 23.3 Å². The molecule has 0 saturated heterocycles. The zero-order chi connectivity index (χ0) is 13.5. The van der Waals surface area contributed by atoms with Crippen LogP contribution in [0.1, 0.15) is 36.1 Å². The third-order valence-electron chi connectivity index (χ3n) is 3.23. The number of amides is 1. The molecule has 1 fully saturated rings. The molecule has 6 heteroatoms. The monoisotopic (exact) mass is 277 g/mol. The van der Waals surface area contributed by atoms with Gasteiger partial charge in [0.25, 0.3) is 5.91 Å². The van der Waals surface area contributed by atoms with Gasteiger partial charge >= 0.3 is 0 Å². The van der Waals surface area contributed by atoms with Crippen LogP contribution >= 0.6 is 11.6 Å². The summed E-state index contributed by atoms with van der Waals surface area (Å²) in [5, 5.41) is 2.85. The maximum atomic E-state index is 11.9. The third kappa shape index (κ3) is 2.46. The van der Waals surface area contributed by atoms with E-state index in [1.807, 2.05) is 0 Å². The van der Waals surface area contributed by atoms with Gasteiger partial charge in [0.2, 0.25) is 0 Å². The smallest absolute Gasteiger partial charge is 0.292 e. The lowest BCUT2D eigenvalue weighted by Crippen LogP contribution is -2.14. The van der Waals surface area contributed by atoms with E-state index in [0.29, 0.717) is 5.82 Å². The van der Waals surface area contributed by atoms with E-state index in [-0.39, 0.29) is 22.3 Å². The molecule has 0 aromatic carbocycles. The van der Waals surface area contributed by atoms with Gasteiger partial charge in [0.15, 0.2) is 11.0 Å². The Morgan fingerprint density at radius 2 is 2.21 bits per heavy atom. The van der Waals surface area contributed by atoms with Crippen LogP contribution in [0.4, 0.5) is 5.82 Å². The molecule has 1 aliphatic carbocycles. The lowest BCUT2D eigenvalue weighted by molar-refractivity contribution is 0.0996. The molecule has 19 heavy (non-hydrogen) atoms. The normalized spacial score (nSPS) is 16.1. The predicted octanol–water partition coefficient (Wildman–Crippen LogP) is 3.03. The summed E-state index contributed by atoms with van der Waals surface area (Å²) in [6.45, 7) is 2.11. The number of nitrogens with zero attached hydrogens (tertiary/aromatic N) is 2. The first-order chi connectivity index (χ1) is 9.07. The van der Waals surface area contributed by atoms with E-state index in [4.69, 9.17) is 16.0 Å². The number of aromatic nitrogens is 2. The summed E-state index contributed by atoms with van der Waals surface area (Å²) in [7, 11) is 0. The van der Waals surface area contributed by atoms with Gasteiger partial charge < -0.3 is 9.73 Å². The van der Waals surface area contributed by atoms with E-state index < -0.39 is 0 Å². The molecule has 0 spiro atoms. The van der Waals surface area contributed by atoms with Gasteiger partial charge in [0.1, 0.15) is 11.6 Å². The van der Waals surface area contributed by atoms with Gasteiger partial charge in [-0.2, -0.15) is 0 Å². The van der Waals surface area contributed by atoms with E-state index in [0.717, 1.165) is 18.7 Å². The standard InChI is InChI=1S/C13H12ClN3O2/c1-13(5-6-13)12-15-7-4-10(17-12)16-11(18)8-2-3-9(14)19-8/h2-4,7H,5-6H2,1H3,(H,15,16,17,18). The second-order valence-corrected chi connectivity index (χ2v) is 5.26. The van der Waals surface area contributed by atoms with Gasteiger partial charge in [0, 0.05) is 11.6 Å². The number of carbonyl (C=O) groups is 1. The molecule has 1 saturated carbocycles. The number of halogens is 1. The summed E-state index contributed by atoms with van der Waals surface area (Å²) in [5.74, 6) is 1.01. The lowest BCUT2D eigenvalue weighted by atomic mass is 10.1. The topological polar surface area (TPSA) is 68.0 Å². The molecule has 2 aromatic heterocycles. The fourth-order valence-corrected chi connectivity index (χ4v) is 1.89.